The number of rotatable bonds is 4. The average molecular weight is 760 g/mol. The number of para-hydroxylation sites is 5. The van der Waals surface area contributed by atoms with Crippen molar-refractivity contribution in [3.63, 3.8) is 0 Å². The van der Waals surface area contributed by atoms with Crippen molar-refractivity contribution in [2.45, 2.75) is 9.79 Å². The van der Waals surface area contributed by atoms with Gasteiger partial charge < -0.3 is 4.42 Å². The van der Waals surface area contributed by atoms with Crippen LogP contribution in [0, 0.1) is 0 Å². The number of nitrogens with zero attached hydrogens (tertiary/aromatic N) is 5. The second-order valence-electron chi connectivity index (χ2n) is 14.7. The summed E-state index contributed by atoms with van der Waals surface area (Å²) >= 11 is 1.85. The molecule has 0 spiro atoms. The van der Waals surface area contributed by atoms with Crippen LogP contribution in [0.3, 0.4) is 0 Å². The smallest absolute Gasteiger partial charge is 0.167 e. The highest BCUT2D eigenvalue weighted by Crippen LogP contribution is 2.50. The van der Waals surface area contributed by atoms with Crippen LogP contribution in [0.2, 0.25) is 0 Å². The second-order valence-corrected chi connectivity index (χ2v) is 15.8. The molecule has 58 heavy (non-hydrogen) atoms. The molecule has 5 heterocycles. The van der Waals surface area contributed by atoms with Crippen molar-refractivity contribution in [1.82, 2.24) is 24.1 Å². The van der Waals surface area contributed by atoms with Crippen molar-refractivity contribution in [3.8, 4) is 45.5 Å². The van der Waals surface area contributed by atoms with Crippen LogP contribution in [0.5, 0.6) is 0 Å². The van der Waals surface area contributed by atoms with Gasteiger partial charge in [-0.25, -0.2) is 15.0 Å². The molecule has 0 fully saturated rings. The van der Waals surface area contributed by atoms with Crippen molar-refractivity contribution in [2.24, 2.45) is 0 Å². The van der Waals surface area contributed by atoms with Crippen LogP contribution >= 0.6 is 11.8 Å². The largest absolute Gasteiger partial charge is 0.455 e. The zero-order valence-electron chi connectivity index (χ0n) is 30.8. The highest BCUT2D eigenvalue weighted by Gasteiger charge is 2.28. The highest BCUT2D eigenvalue weighted by molar-refractivity contribution is 7.99. The number of furan rings is 1. The first-order valence-electron chi connectivity index (χ1n) is 19.4. The lowest BCUT2D eigenvalue weighted by atomic mass is 10.0. The Morgan fingerprint density at radius 3 is 1.97 bits per heavy atom. The Balaban J connectivity index is 1.09. The van der Waals surface area contributed by atoms with E-state index in [9.17, 15) is 0 Å². The quantitative estimate of drug-likeness (QED) is 0.179. The van der Waals surface area contributed by atoms with E-state index in [2.05, 4.69) is 130 Å². The number of hydrogen-bond acceptors (Lipinski definition) is 5. The summed E-state index contributed by atoms with van der Waals surface area (Å²) in [5.74, 6) is 1.76. The lowest BCUT2D eigenvalue weighted by Gasteiger charge is -2.21. The van der Waals surface area contributed by atoms with Crippen LogP contribution in [0.4, 0.5) is 0 Å². The maximum atomic E-state index is 6.49. The van der Waals surface area contributed by atoms with E-state index >= 15 is 0 Å². The first-order valence-corrected chi connectivity index (χ1v) is 20.2. The van der Waals surface area contributed by atoms with Gasteiger partial charge in [0.05, 0.1) is 28.0 Å². The van der Waals surface area contributed by atoms with Crippen molar-refractivity contribution in [3.05, 3.63) is 176 Å². The Kier molecular flexibility index (Phi) is 6.56. The maximum absolute atomic E-state index is 6.49. The topological polar surface area (TPSA) is 61.7 Å². The third-order valence-corrected chi connectivity index (χ3v) is 12.7. The summed E-state index contributed by atoms with van der Waals surface area (Å²) < 4.78 is 11.4. The Morgan fingerprint density at radius 2 is 1.07 bits per heavy atom. The number of benzene rings is 8. The molecule has 0 N–H and O–H groups in total. The summed E-state index contributed by atoms with van der Waals surface area (Å²) in [7, 11) is 0. The summed E-state index contributed by atoms with van der Waals surface area (Å²) in [4.78, 5) is 18.1. The van der Waals surface area contributed by atoms with Gasteiger partial charge in [-0.05, 0) is 53.9 Å². The van der Waals surface area contributed by atoms with Gasteiger partial charge in [-0.15, -0.1) is 0 Å². The maximum Gasteiger partial charge on any atom is 0.167 e. The van der Waals surface area contributed by atoms with Gasteiger partial charge in [-0.3, -0.25) is 9.13 Å². The Hall–Kier alpha value is -7.48. The summed E-state index contributed by atoms with van der Waals surface area (Å²) in [6.07, 6.45) is 0. The molecule has 8 aromatic carbocycles. The van der Waals surface area contributed by atoms with E-state index in [-0.39, 0.29) is 0 Å². The van der Waals surface area contributed by atoms with Crippen LogP contribution in [-0.2, 0) is 0 Å². The normalized spacial score (nSPS) is 12.4. The molecule has 6 nitrogen and oxygen atoms in total. The van der Waals surface area contributed by atoms with Crippen LogP contribution in [-0.4, -0.2) is 24.1 Å². The van der Waals surface area contributed by atoms with Crippen molar-refractivity contribution in [2.75, 3.05) is 0 Å². The number of fused-ring (bicyclic) bond motifs is 11. The molecule has 0 saturated carbocycles. The Morgan fingerprint density at radius 1 is 0.414 bits per heavy atom. The van der Waals surface area contributed by atoms with Gasteiger partial charge in [0.15, 0.2) is 17.5 Å². The summed E-state index contributed by atoms with van der Waals surface area (Å²) in [5, 5.41) is 7.99. The van der Waals surface area contributed by atoms with E-state index in [1.807, 2.05) is 66.4 Å². The van der Waals surface area contributed by atoms with Gasteiger partial charge in [-0.1, -0.05) is 139 Å². The third-order valence-electron chi connectivity index (χ3n) is 11.6. The fraction of sp³-hybridized carbons (Fsp3) is 0. The molecule has 270 valence electrons. The zero-order valence-corrected chi connectivity index (χ0v) is 31.6. The van der Waals surface area contributed by atoms with Gasteiger partial charge in [0.2, 0.25) is 0 Å². The van der Waals surface area contributed by atoms with E-state index < -0.39 is 0 Å². The van der Waals surface area contributed by atoms with Crippen LogP contribution < -0.4 is 0 Å². The standard InChI is InChI=1S/C51H29N5OS/c1-2-14-30(15-3-1)48-52-49(54-50(53-48)38-22-12-20-34-33-18-7-10-25-42(33)57-47(34)38)35-28-29-40(32-17-5-4-16-31(32)35)55-39-23-8-6-19-36(39)45-37-21-13-27-44-46(37)56(51(45)55)41-24-9-11-26-43(41)58-44/h1-29H. The fourth-order valence-corrected chi connectivity index (χ4v) is 10.2. The van der Waals surface area contributed by atoms with Crippen LogP contribution in [0.1, 0.15) is 0 Å². The molecule has 13 rings (SSSR count). The van der Waals surface area contributed by atoms with Gasteiger partial charge in [-0.2, -0.15) is 0 Å². The van der Waals surface area contributed by atoms with E-state index in [1.54, 1.807) is 0 Å². The summed E-state index contributed by atoms with van der Waals surface area (Å²) in [5.41, 5.74) is 10.1. The first-order chi connectivity index (χ1) is 28.8. The molecule has 4 aromatic heterocycles. The molecular weight excluding hydrogens is 731 g/mol. The highest BCUT2D eigenvalue weighted by atomic mass is 32.2. The fourth-order valence-electron chi connectivity index (χ4n) is 9.10. The molecule has 0 unspecified atom stereocenters. The third kappa shape index (κ3) is 4.42. The van der Waals surface area contributed by atoms with Crippen LogP contribution in [0.15, 0.2) is 190 Å². The molecule has 0 saturated heterocycles. The Bertz CT molecular complexity index is 3670. The molecule has 7 heteroatoms. The number of aromatic nitrogens is 5. The number of hydrogen-bond donors (Lipinski definition) is 0. The minimum Gasteiger partial charge on any atom is -0.455 e. The predicted octanol–water partition coefficient (Wildman–Crippen LogP) is 13.4. The van der Waals surface area contributed by atoms with E-state index in [4.69, 9.17) is 19.4 Å². The molecular formula is C51H29N5OS. The van der Waals surface area contributed by atoms with Crippen molar-refractivity contribution >= 4 is 77.3 Å². The molecule has 12 aromatic rings. The van der Waals surface area contributed by atoms with Gasteiger partial charge in [0.1, 0.15) is 16.8 Å². The van der Waals surface area contributed by atoms with Gasteiger partial charge >= 0.3 is 0 Å². The van der Waals surface area contributed by atoms with E-state index in [0.717, 1.165) is 66.3 Å². The Labute approximate surface area is 335 Å². The lowest BCUT2D eigenvalue weighted by Crippen LogP contribution is -2.06. The minimum atomic E-state index is 0.561. The molecule has 0 atom stereocenters. The van der Waals surface area contributed by atoms with E-state index in [1.165, 1.54) is 37.2 Å². The molecule has 1 aliphatic heterocycles. The van der Waals surface area contributed by atoms with E-state index in [0.29, 0.717) is 17.5 Å². The molecule has 0 radical (unpaired) electrons. The minimum absolute atomic E-state index is 0.561. The summed E-state index contributed by atoms with van der Waals surface area (Å²) in [6, 6.07) is 61.8. The molecule has 0 aliphatic carbocycles. The van der Waals surface area contributed by atoms with Gasteiger partial charge in [0, 0.05) is 53.2 Å². The molecule has 0 bridgehead atoms. The molecule has 1 aliphatic rings. The first kappa shape index (κ1) is 31.7. The van der Waals surface area contributed by atoms with Crippen molar-refractivity contribution in [1.29, 1.82) is 0 Å². The molecule has 0 amide bonds. The average Bonchev–Trinajstić information content (AvgIpc) is 3.95. The zero-order chi connectivity index (χ0) is 37.9. The van der Waals surface area contributed by atoms with Crippen LogP contribution in [0.25, 0.3) is 111 Å². The monoisotopic (exact) mass is 759 g/mol. The predicted molar refractivity (Wildman–Crippen MR) is 236 cm³/mol. The SMILES string of the molecule is c1ccc(-c2nc(-c3ccc(-n4c5ccccc5c5c6cccc7c6n(c54)-c4ccccc4S7)c4ccccc34)nc(-c3cccc4c3oc3ccccc34)n2)cc1. The van der Waals surface area contributed by atoms with Crippen molar-refractivity contribution < 1.29 is 4.42 Å². The lowest BCUT2D eigenvalue weighted by molar-refractivity contribution is 0.669. The summed E-state index contributed by atoms with van der Waals surface area (Å²) in [6.45, 7) is 0. The second kappa shape index (κ2) is 12.0. The van der Waals surface area contributed by atoms with Gasteiger partial charge in [0.25, 0.3) is 0 Å².